The highest BCUT2D eigenvalue weighted by Crippen LogP contribution is 2.26. The Hall–Kier alpha value is -0.900. The van der Waals surface area contributed by atoms with Crippen LogP contribution < -0.4 is 0 Å². The van der Waals surface area contributed by atoms with Gasteiger partial charge in [0.15, 0.2) is 0 Å². The molecule has 0 saturated carbocycles. The summed E-state index contributed by atoms with van der Waals surface area (Å²) in [7, 11) is -3.47. The van der Waals surface area contributed by atoms with Crippen molar-refractivity contribution in [3.63, 3.8) is 0 Å². The van der Waals surface area contributed by atoms with E-state index in [1.165, 1.54) is 10.4 Å². The van der Waals surface area contributed by atoms with Crippen LogP contribution in [0.25, 0.3) is 0 Å². The topological polar surface area (TPSA) is 61.2 Å². The maximum atomic E-state index is 12.5. The zero-order chi connectivity index (χ0) is 14.5. The van der Waals surface area contributed by atoms with Crippen LogP contribution in [0.2, 0.25) is 0 Å². The average Bonchev–Trinajstić information content (AvgIpc) is 2.83. The SMILES string of the molecule is CCCCCN(C(C)C)S(=O)(=O)c1ccc(C#N)s1. The average molecular weight is 300 g/mol. The number of hydrogen-bond acceptors (Lipinski definition) is 4. The van der Waals surface area contributed by atoms with E-state index in [0.29, 0.717) is 11.4 Å². The summed E-state index contributed by atoms with van der Waals surface area (Å²) in [6.07, 6.45) is 2.95. The fraction of sp³-hybridized carbons (Fsp3) is 0.615. The molecule has 0 spiro atoms. The van der Waals surface area contributed by atoms with Gasteiger partial charge in [-0.25, -0.2) is 8.42 Å². The summed E-state index contributed by atoms with van der Waals surface area (Å²) in [4.78, 5) is 0.427. The molecule has 0 aliphatic carbocycles. The smallest absolute Gasteiger partial charge is 0.206 e. The van der Waals surface area contributed by atoms with Crippen molar-refractivity contribution < 1.29 is 8.42 Å². The third-order valence-electron chi connectivity index (χ3n) is 2.81. The number of unbranched alkanes of at least 4 members (excludes halogenated alkanes) is 2. The third kappa shape index (κ3) is 4.03. The van der Waals surface area contributed by atoms with E-state index in [0.717, 1.165) is 30.6 Å². The molecule has 0 amide bonds. The van der Waals surface area contributed by atoms with Gasteiger partial charge in [0.1, 0.15) is 15.2 Å². The molecule has 6 heteroatoms. The first-order valence-electron chi connectivity index (χ1n) is 6.45. The van der Waals surface area contributed by atoms with E-state index in [1.807, 2.05) is 19.9 Å². The molecule has 106 valence electrons. The minimum absolute atomic E-state index is 0.0745. The van der Waals surface area contributed by atoms with Gasteiger partial charge in [0.25, 0.3) is 10.0 Å². The Morgan fingerprint density at radius 1 is 1.37 bits per heavy atom. The molecule has 0 atom stereocenters. The first kappa shape index (κ1) is 16.2. The maximum absolute atomic E-state index is 12.5. The summed E-state index contributed by atoms with van der Waals surface area (Å²) in [6, 6.07) is 4.98. The molecular formula is C13H20N2O2S2. The van der Waals surface area contributed by atoms with Crippen molar-refractivity contribution >= 4 is 21.4 Å². The van der Waals surface area contributed by atoms with E-state index in [-0.39, 0.29) is 10.3 Å². The fourth-order valence-electron chi connectivity index (χ4n) is 1.81. The molecule has 0 saturated heterocycles. The van der Waals surface area contributed by atoms with Crippen LogP contribution in [0.4, 0.5) is 0 Å². The van der Waals surface area contributed by atoms with Crippen LogP contribution in [0, 0.1) is 11.3 Å². The minimum atomic E-state index is -3.47. The van der Waals surface area contributed by atoms with E-state index >= 15 is 0 Å². The lowest BCUT2D eigenvalue weighted by molar-refractivity contribution is 0.346. The van der Waals surface area contributed by atoms with Crippen molar-refractivity contribution in [3.05, 3.63) is 17.0 Å². The Morgan fingerprint density at radius 3 is 2.53 bits per heavy atom. The second-order valence-electron chi connectivity index (χ2n) is 4.65. The quantitative estimate of drug-likeness (QED) is 0.726. The Labute approximate surface area is 119 Å². The van der Waals surface area contributed by atoms with E-state index in [2.05, 4.69) is 6.92 Å². The van der Waals surface area contributed by atoms with Crippen LogP contribution in [-0.2, 0) is 10.0 Å². The van der Waals surface area contributed by atoms with Crippen molar-refractivity contribution in [2.24, 2.45) is 0 Å². The molecule has 0 bridgehead atoms. The monoisotopic (exact) mass is 300 g/mol. The molecule has 0 aliphatic heterocycles. The molecule has 0 radical (unpaired) electrons. The summed E-state index contributed by atoms with van der Waals surface area (Å²) in [6.45, 7) is 6.38. The third-order valence-corrected chi connectivity index (χ3v) is 6.35. The molecule has 19 heavy (non-hydrogen) atoms. The van der Waals surface area contributed by atoms with Crippen LogP contribution in [0.1, 0.15) is 44.9 Å². The second-order valence-corrected chi connectivity index (χ2v) is 7.85. The first-order chi connectivity index (χ1) is 8.93. The van der Waals surface area contributed by atoms with Gasteiger partial charge in [-0.2, -0.15) is 9.57 Å². The molecule has 0 N–H and O–H groups in total. The molecule has 1 aromatic heterocycles. The molecule has 1 aromatic rings. The number of rotatable bonds is 7. The molecule has 1 rings (SSSR count). The van der Waals surface area contributed by atoms with Crippen LogP contribution in [0.15, 0.2) is 16.3 Å². The standard InChI is InChI=1S/C13H20N2O2S2/c1-4-5-6-9-15(11(2)3)19(16,17)13-8-7-12(10-14)18-13/h7-8,11H,4-6,9H2,1-3H3. The van der Waals surface area contributed by atoms with E-state index in [9.17, 15) is 8.42 Å². The number of nitriles is 1. The maximum Gasteiger partial charge on any atom is 0.252 e. The summed E-state index contributed by atoms with van der Waals surface area (Å²) < 4.78 is 26.8. The highest BCUT2D eigenvalue weighted by molar-refractivity contribution is 7.91. The van der Waals surface area contributed by atoms with Gasteiger partial charge in [0, 0.05) is 12.6 Å². The summed E-state index contributed by atoms with van der Waals surface area (Å²) >= 11 is 1.03. The van der Waals surface area contributed by atoms with Crippen LogP contribution in [0.3, 0.4) is 0 Å². The number of hydrogen-bond donors (Lipinski definition) is 0. The normalized spacial score (nSPS) is 12.0. The molecule has 1 heterocycles. The fourth-order valence-corrected chi connectivity index (χ4v) is 4.72. The molecule has 0 unspecified atom stereocenters. The van der Waals surface area contributed by atoms with Gasteiger partial charge in [-0.1, -0.05) is 19.8 Å². The van der Waals surface area contributed by atoms with Crippen LogP contribution in [-0.4, -0.2) is 25.3 Å². The van der Waals surface area contributed by atoms with Gasteiger partial charge in [0.05, 0.1) is 0 Å². The summed E-state index contributed by atoms with van der Waals surface area (Å²) in [5.41, 5.74) is 0. The van der Waals surface area contributed by atoms with E-state index < -0.39 is 10.0 Å². The number of thiophene rings is 1. The minimum Gasteiger partial charge on any atom is -0.206 e. The predicted molar refractivity (Wildman–Crippen MR) is 77.6 cm³/mol. The largest absolute Gasteiger partial charge is 0.252 e. The Bertz CT molecular complexity index is 541. The van der Waals surface area contributed by atoms with Crippen LogP contribution >= 0.6 is 11.3 Å². The Kier molecular flexibility index (Phi) is 5.98. The highest BCUT2D eigenvalue weighted by Gasteiger charge is 2.27. The number of sulfonamides is 1. The lowest BCUT2D eigenvalue weighted by Crippen LogP contribution is -2.37. The van der Waals surface area contributed by atoms with Gasteiger partial charge < -0.3 is 0 Å². The zero-order valence-electron chi connectivity index (χ0n) is 11.6. The molecule has 0 aromatic carbocycles. The first-order valence-corrected chi connectivity index (χ1v) is 8.71. The van der Waals surface area contributed by atoms with E-state index in [4.69, 9.17) is 5.26 Å². The van der Waals surface area contributed by atoms with E-state index in [1.54, 1.807) is 6.07 Å². The predicted octanol–water partition coefficient (Wildman–Crippen LogP) is 3.21. The number of nitrogens with zero attached hydrogens (tertiary/aromatic N) is 2. The Morgan fingerprint density at radius 2 is 2.05 bits per heavy atom. The molecule has 0 aliphatic rings. The van der Waals surface area contributed by atoms with Crippen molar-refractivity contribution in [1.29, 1.82) is 5.26 Å². The van der Waals surface area contributed by atoms with Gasteiger partial charge >= 0.3 is 0 Å². The highest BCUT2D eigenvalue weighted by atomic mass is 32.2. The summed E-state index contributed by atoms with van der Waals surface area (Å²) in [5.74, 6) is 0. The van der Waals surface area contributed by atoms with Crippen molar-refractivity contribution in [1.82, 2.24) is 4.31 Å². The molecular weight excluding hydrogens is 280 g/mol. The van der Waals surface area contributed by atoms with Gasteiger partial charge in [-0.15, -0.1) is 11.3 Å². The van der Waals surface area contributed by atoms with Gasteiger partial charge in [-0.05, 0) is 32.4 Å². The van der Waals surface area contributed by atoms with Crippen molar-refractivity contribution in [3.8, 4) is 6.07 Å². The molecule has 4 nitrogen and oxygen atoms in total. The zero-order valence-corrected chi connectivity index (χ0v) is 13.2. The van der Waals surface area contributed by atoms with Crippen molar-refractivity contribution in [2.45, 2.75) is 50.3 Å². The van der Waals surface area contributed by atoms with Gasteiger partial charge in [0.2, 0.25) is 0 Å². The molecule has 0 fully saturated rings. The van der Waals surface area contributed by atoms with Gasteiger partial charge in [-0.3, -0.25) is 0 Å². The summed E-state index contributed by atoms with van der Waals surface area (Å²) in [5, 5.41) is 8.79. The lowest BCUT2D eigenvalue weighted by atomic mass is 10.2. The van der Waals surface area contributed by atoms with Crippen LogP contribution in [0.5, 0.6) is 0 Å². The van der Waals surface area contributed by atoms with Crippen molar-refractivity contribution in [2.75, 3.05) is 6.54 Å². The lowest BCUT2D eigenvalue weighted by Gasteiger charge is -2.25. The Balaban J connectivity index is 2.96. The second kappa shape index (κ2) is 7.04.